The van der Waals surface area contributed by atoms with E-state index in [0.717, 1.165) is 11.1 Å². The predicted molar refractivity (Wildman–Crippen MR) is 76.9 cm³/mol. The SMILES string of the molecule is COc1ccc(C)cc1CC(=O)c1ccc(C)c(F)c1. The average Bonchev–Trinajstić information content (AvgIpc) is 2.42. The number of aryl methyl sites for hydroxylation is 2. The first-order valence-electron chi connectivity index (χ1n) is 6.44. The number of methoxy groups -OCH3 is 1. The zero-order chi connectivity index (χ0) is 14.7. The van der Waals surface area contributed by atoms with Crippen LogP contribution in [0.2, 0.25) is 0 Å². The van der Waals surface area contributed by atoms with Gasteiger partial charge in [-0.15, -0.1) is 0 Å². The summed E-state index contributed by atoms with van der Waals surface area (Å²) in [6, 6.07) is 10.3. The van der Waals surface area contributed by atoms with E-state index in [9.17, 15) is 9.18 Å². The van der Waals surface area contributed by atoms with Crippen molar-refractivity contribution in [2.75, 3.05) is 7.11 Å². The number of benzene rings is 2. The molecule has 0 aliphatic heterocycles. The van der Waals surface area contributed by atoms with Crippen LogP contribution in [0.1, 0.15) is 27.0 Å². The van der Waals surface area contributed by atoms with Gasteiger partial charge in [0.2, 0.25) is 0 Å². The molecule has 0 aliphatic rings. The van der Waals surface area contributed by atoms with E-state index in [1.807, 2.05) is 25.1 Å². The van der Waals surface area contributed by atoms with Crippen LogP contribution < -0.4 is 4.74 Å². The largest absolute Gasteiger partial charge is 0.496 e. The molecule has 0 radical (unpaired) electrons. The first-order chi connectivity index (χ1) is 9.51. The Bertz CT molecular complexity index is 647. The lowest BCUT2D eigenvalue weighted by atomic mass is 10.00. The van der Waals surface area contributed by atoms with Crippen LogP contribution in [-0.2, 0) is 6.42 Å². The van der Waals surface area contributed by atoms with Gasteiger partial charge in [-0.05, 0) is 31.5 Å². The third-order valence-corrected chi connectivity index (χ3v) is 3.28. The van der Waals surface area contributed by atoms with Gasteiger partial charge in [0.05, 0.1) is 7.11 Å². The average molecular weight is 272 g/mol. The van der Waals surface area contributed by atoms with Crippen LogP contribution in [0.4, 0.5) is 4.39 Å². The highest BCUT2D eigenvalue weighted by atomic mass is 19.1. The quantitative estimate of drug-likeness (QED) is 0.790. The molecular formula is C17H17FO2. The van der Waals surface area contributed by atoms with E-state index < -0.39 is 0 Å². The number of rotatable bonds is 4. The second-order valence-electron chi connectivity index (χ2n) is 4.88. The van der Waals surface area contributed by atoms with Gasteiger partial charge in [-0.25, -0.2) is 4.39 Å². The standard InChI is InChI=1S/C17H17FO2/c1-11-4-7-17(20-3)14(8-11)10-16(19)13-6-5-12(2)15(18)9-13/h4-9H,10H2,1-3H3. The van der Waals surface area contributed by atoms with Gasteiger partial charge in [0.15, 0.2) is 5.78 Å². The Kier molecular flexibility index (Phi) is 4.18. The summed E-state index contributed by atoms with van der Waals surface area (Å²) in [5.74, 6) is 0.205. The second kappa shape index (κ2) is 5.87. The molecule has 0 fully saturated rings. The molecule has 0 bridgehead atoms. The maximum absolute atomic E-state index is 13.5. The van der Waals surface area contributed by atoms with Crippen LogP contribution in [0, 0.1) is 19.7 Å². The molecule has 0 aliphatic carbocycles. The van der Waals surface area contributed by atoms with Gasteiger partial charge in [-0.3, -0.25) is 4.79 Å². The van der Waals surface area contributed by atoms with E-state index in [4.69, 9.17) is 4.74 Å². The Morgan fingerprint density at radius 3 is 2.55 bits per heavy atom. The van der Waals surface area contributed by atoms with Gasteiger partial charge in [0.1, 0.15) is 11.6 Å². The predicted octanol–water partition coefficient (Wildman–Crippen LogP) is 3.88. The molecular weight excluding hydrogens is 255 g/mol. The van der Waals surface area contributed by atoms with Gasteiger partial charge in [-0.2, -0.15) is 0 Å². The minimum atomic E-state index is -0.355. The van der Waals surface area contributed by atoms with Crippen LogP contribution in [-0.4, -0.2) is 12.9 Å². The zero-order valence-electron chi connectivity index (χ0n) is 11.9. The number of carbonyl (C=O) groups is 1. The van der Waals surface area contributed by atoms with Gasteiger partial charge >= 0.3 is 0 Å². The van der Waals surface area contributed by atoms with E-state index in [2.05, 4.69) is 0 Å². The molecule has 20 heavy (non-hydrogen) atoms. The van der Waals surface area contributed by atoms with Crippen molar-refractivity contribution in [2.24, 2.45) is 0 Å². The number of hydrogen-bond donors (Lipinski definition) is 0. The van der Waals surface area contributed by atoms with Crippen molar-refractivity contribution < 1.29 is 13.9 Å². The molecule has 0 heterocycles. The maximum Gasteiger partial charge on any atom is 0.167 e. The normalized spacial score (nSPS) is 10.4. The highest BCUT2D eigenvalue weighted by molar-refractivity contribution is 5.97. The molecule has 0 aromatic heterocycles. The number of Topliss-reactive ketones (excluding diaryl/α,β-unsaturated/α-hetero) is 1. The van der Waals surface area contributed by atoms with E-state index >= 15 is 0 Å². The van der Waals surface area contributed by atoms with Gasteiger partial charge in [-0.1, -0.05) is 29.8 Å². The summed E-state index contributed by atoms with van der Waals surface area (Å²) in [7, 11) is 1.57. The lowest BCUT2D eigenvalue weighted by molar-refractivity contribution is 0.0991. The Labute approximate surface area is 118 Å². The summed E-state index contributed by atoms with van der Waals surface area (Å²) in [5, 5.41) is 0. The third-order valence-electron chi connectivity index (χ3n) is 3.28. The lowest BCUT2D eigenvalue weighted by Crippen LogP contribution is -2.06. The van der Waals surface area contributed by atoms with Gasteiger partial charge in [0, 0.05) is 17.5 Å². The third kappa shape index (κ3) is 3.05. The highest BCUT2D eigenvalue weighted by Gasteiger charge is 2.12. The van der Waals surface area contributed by atoms with Crippen LogP contribution >= 0.6 is 0 Å². The van der Waals surface area contributed by atoms with Crippen LogP contribution in [0.25, 0.3) is 0 Å². The number of halogens is 1. The Balaban J connectivity index is 2.27. The summed E-state index contributed by atoms with van der Waals surface area (Å²) < 4.78 is 18.8. The summed E-state index contributed by atoms with van der Waals surface area (Å²) in [6.07, 6.45) is 0.202. The van der Waals surface area contributed by atoms with Crippen molar-refractivity contribution in [3.63, 3.8) is 0 Å². The fraction of sp³-hybridized carbons (Fsp3) is 0.235. The Hall–Kier alpha value is -2.16. The molecule has 0 saturated heterocycles. The lowest BCUT2D eigenvalue weighted by Gasteiger charge is -2.09. The molecule has 2 aromatic carbocycles. The fourth-order valence-corrected chi connectivity index (χ4v) is 2.09. The molecule has 104 valence electrons. The van der Waals surface area contributed by atoms with Crippen molar-refractivity contribution in [1.82, 2.24) is 0 Å². The highest BCUT2D eigenvalue weighted by Crippen LogP contribution is 2.22. The van der Waals surface area contributed by atoms with E-state index in [1.165, 1.54) is 6.07 Å². The minimum Gasteiger partial charge on any atom is -0.496 e. The molecule has 2 nitrogen and oxygen atoms in total. The van der Waals surface area contributed by atoms with E-state index in [0.29, 0.717) is 16.9 Å². The molecule has 0 amide bonds. The Morgan fingerprint density at radius 1 is 1.15 bits per heavy atom. The monoisotopic (exact) mass is 272 g/mol. The molecule has 0 unspecified atom stereocenters. The summed E-state index contributed by atoms with van der Waals surface area (Å²) in [6.45, 7) is 3.63. The zero-order valence-corrected chi connectivity index (χ0v) is 11.9. The smallest absolute Gasteiger partial charge is 0.167 e. The number of ketones is 1. The molecule has 3 heteroatoms. The van der Waals surface area contributed by atoms with Crippen molar-refractivity contribution in [3.05, 3.63) is 64.5 Å². The summed E-state index contributed by atoms with van der Waals surface area (Å²) in [4.78, 5) is 12.2. The van der Waals surface area contributed by atoms with Crippen molar-refractivity contribution in [2.45, 2.75) is 20.3 Å². The van der Waals surface area contributed by atoms with Crippen molar-refractivity contribution in [3.8, 4) is 5.75 Å². The first kappa shape index (κ1) is 14.3. The first-order valence-corrected chi connectivity index (χ1v) is 6.44. The maximum atomic E-state index is 13.5. The Morgan fingerprint density at radius 2 is 1.90 bits per heavy atom. The topological polar surface area (TPSA) is 26.3 Å². The van der Waals surface area contributed by atoms with E-state index in [1.54, 1.807) is 26.2 Å². The van der Waals surface area contributed by atoms with Crippen LogP contribution in [0.5, 0.6) is 5.75 Å². The molecule has 0 saturated carbocycles. The van der Waals surface area contributed by atoms with Crippen LogP contribution in [0.15, 0.2) is 36.4 Å². The molecule has 0 spiro atoms. The van der Waals surface area contributed by atoms with E-state index in [-0.39, 0.29) is 18.0 Å². The minimum absolute atomic E-state index is 0.118. The van der Waals surface area contributed by atoms with Crippen molar-refractivity contribution >= 4 is 5.78 Å². The summed E-state index contributed by atoms with van der Waals surface area (Å²) in [5.41, 5.74) is 2.80. The van der Waals surface area contributed by atoms with Gasteiger partial charge in [0.25, 0.3) is 0 Å². The number of ether oxygens (including phenoxy) is 1. The summed E-state index contributed by atoms with van der Waals surface area (Å²) >= 11 is 0. The van der Waals surface area contributed by atoms with Gasteiger partial charge < -0.3 is 4.74 Å². The fourth-order valence-electron chi connectivity index (χ4n) is 2.09. The second-order valence-corrected chi connectivity index (χ2v) is 4.88. The molecule has 0 N–H and O–H groups in total. The van der Waals surface area contributed by atoms with Crippen molar-refractivity contribution in [1.29, 1.82) is 0 Å². The molecule has 2 rings (SSSR count). The number of hydrogen-bond acceptors (Lipinski definition) is 2. The molecule has 0 atom stereocenters. The molecule has 2 aromatic rings. The number of carbonyl (C=O) groups excluding carboxylic acids is 1. The van der Waals surface area contributed by atoms with Crippen LogP contribution in [0.3, 0.4) is 0 Å².